The maximum absolute atomic E-state index is 11.5. The van der Waals surface area contributed by atoms with E-state index in [0.29, 0.717) is 21.2 Å². The first kappa shape index (κ1) is 12.9. The first-order valence-electron chi connectivity index (χ1n) is 5.62. The number of fused-ring (bicyclic) bond motifs is 1. The van der Waals surface area contributed by atoms with Crippen LogP contribution in [0, 0.1) is 0 Å². The lowest BCUT2D eigenvalue weighted by Gasteiger charge is -2.02. The summed E-state index contributed by atoms with van der Waals surface area (Å²) in [6, 6.07) is 5.13. The molecule has 0 saturated carbocycles. The van der Waals surface area contributed by atoms with Gasteiger partial charge in [-0.3, -0.25) is 4.98 Å². The van der Waals surface area contributed by atoms with Crippen LogP contribution in [0.5, 0.6) is 0 Å². The third-order valence-corrected chi connectivity index (χ3v) is 4.58. The molecule has 0 amide bonds. The Labute approximate surface area is 119 Å². The van der Waals surface area contributed by atoms with Crippen molar-refractivity contribution >= 4 is 36.7 Å². The van der Waals surface area contributed by atoms with Crippen LogP contribution in [0.1, 0.15) is 0 Å². The fourth-order valence-corrected chi connectivity index (χ4v) is 3.05. The molecule has 3 aromatic heterocycles. The summed E-state index contributed by atoms with van der Waals surface area (Å²) in [6.07, 6.45) is 4.05. The van der Waals surface area contributed by atoms with Gasteiger partial charge in [-0.1, -0.05) is 11.3 Å². The molecule has 0 radical (unpaired) electrons. The van der Waals surface area contributed by atoms with Crippen molar-refractivity contribution in [3.8, 4) is 11.3 Å². The van der Waals surface area contributed by atoms with Gasteiger partial charge in [0.15, 0.2) is 15.0 Å². The van der Waals surface area contributed by atoms with Gasteiger partial charge in [-0.25, -0.2) is 18.4 Å². The Hall–Kier alpha value is -2.06. The Morgan fingerprint density at radius 2 is 2.00 bits per heavy atom. The predicted molar refractivity (Wildman–Crippen MR) is 78.2 cm³/mol. The molecule has 3 rings (SSSR count). The Balaban J connectivity index is 2.15. The highest BCUT2D eigenvalue weighted by Gasteiger charge is 2.11. The van der Waals surface area contributed by atoms with Gasteiger partial charge in [-0.15, -0.1) is 0 Å². The zero-order chi connectivity index (χ0) is 14.3. The van der Waals surface area contributed by atoms with E-state index in [4.69, 9.17) is 5.73 Å². The molecule has 0 unspecified atom stereocenters. The highest BCUT2D eigenvalue weighted by atomic mass is 32.2. The van der Waals surface area contributed by atoms with Crippen LogP contribution in [-0.2, 0) is 9.84 Å². The van der Waals surface area contributed by atoms with Crippen LogP contribution in [0.3, 0.4) is 0 Å². The normalized spacial score (nSPS) is 11.8. The number of nitrogens with two attached hydrogens (primary N) is 1. The summed E-state index contributed by atoms with van der Waals surface area (Å²) in [6.45, 7) is 0. The molecular formula is C12H10N4O2S2. The van der Waals surface area contributed by atoms with Crippen LogP contribution < -0.4 is 5.73 Å². The van der Waals surface area contributed by atoms with E-state index in [2.05, 4.69) is 15.0 Å². The minimum Gasteiger partial charge on any atom is -0.375 e. The van der Waals surface area contributed by atoms with Crippen LogP contribution in [0.25, 0.3) is 21.6 Å². The van der Waals surface area contributed by atoms with E-state index in [-0.39, 0.29) is 4.90 Å². The van der Waals surface area contributed by atoms with Crippen molar-refractivity contribution in [2.45, 2.75) is 4.90 Å². The summed E-state index contributed by atoms with van der Waals surface area (Å²) in [7, 11) is -3.29. The predicted octanol–water partition coefficient (Wildman–Crippen LogP) is 1.74. The molecule has 0 aromatic carbocycles. The van der Waals surface area contributed by atoms with Crippen molar-refractivity contribution in [2.75, 3.05) is 12.0 Å². The Morgan fingerprint density at radius 3 is 2.75 bits per heavy atom. The van der Waals surface area contributed by atoms with Gasteiger partial charge >= 0.3 is 0 Å². The molecular weight excluding hydrogens is 296 g/mol. The van der Waals surface area contributed by atoms with Crippen LogP contribution >= 0.6 is 11.3 Å². The highest BCUT2D eigenvalue weighted by molar-refractivity contribution is 7.90. The molecule has 20 heavy (non-hydrogen) atoms. The minimum atomic E-state index is -3.29. The molecule has 102 valence electrons. The number of nitrogen functional groups attached to an aromatic ring is 1. The third-order valence-electron chi connectivity index (χ3n) is 2.71. The van der Waals surface area contributed by atoms with Gasteiger partial charge in [0.1, 0.15) is 10.3 Å². The third kappa shape index (κ3) is 2.35. The van der Waals surface area contributed by atoms with Crippen LogP contribution in [0.15, 0.2) is 35.5 Å². The van der Waals surface area contributed by atoms with Crippen LogP contribution in [0.4, 0.5) is 5.13 Å². The van der Waals surface area contributed by atoms with E-state index in [9.17, 15) is 8.42 Å². The van der Waals surface area contributed by atoms with Gasteiger partial charge < -0.3 is 5.73 Å². The number of nitrogens with zero attached hydrogens (tertiary/aromatic N) is 3. The van der Waals surface area contributed by atoms with E-state index < -0.39 is 9.84 Å². The van der Waals surface area contributed by atoms with Crippen molar-refractivity contribution in [1.29, 1.82) is 0 Å². The summed E-state index contributed by atoms with van der Waals surface area (Å²) in [5.74, 6) is 0. The van der Waals surface area contributed by atoms with Crippen molar-refractivity contribution in [3.05, 3.63) is 30.6 Å². The quantitative estimate of drug-likeness (QED) is 0.774. The molecule has 0 bridgehead atoms. The lowest BCUT2D eigenvalue weighted by molar-refractivity contribution is 0.601. The van der Waals surface area contributed by atoms with E-state index in [0.717, 1.165) is 11.8 Å². The molecule has 0 fully saturated rings. The lowest BCUT2D eigenvalue weighted by atomic mass is 10.2. The van der Waals surface area contributed by atoms with E-state index in [1.807, 2.05) is 0 Å². The average Bonchev–Trinajstić information content (AvgIpc) is 2.77. The molecule has 0 aliphatic heterocycles. The number of hydrogen-bond donors (Lipinski definition) is 1. The molecule has 3 aromatic rings. The topological polar surface area (TPSA) is 98.8 Å². The summed E-state index contributed by atoms with van der Waals surface area (Å²) in [5, 5.41) is 0.452. The first-order chi connectivity index (χ1) is 9.43. The number of thiazole rings is 1. The second kappa shape index (κ2) is 4.50. The maximum Gasteiger partial charge on any atom is 0.182 e. The lowest BCUT2D eigenvalue weighted by Crippen LogP contribution is -1.98. The zero-order valence-electron chi connectivity index (χ0n) is 10.4. The number of pyridine rings is 2. The average molecular weight is 306 g/mol. The molecule has 0 atom stereocenters. The van der Waals surface area contributed by atoms with Crippen molar-refractivity contribution in [2.24, 2.45) is 0 Å². The SMILES string of the molecule is CS(=O)(=O)c1cncc(-c2ccc3nc(N)sc3n2)c1. The zero-order valence-corrected chi connectivity index (χ0v) is 12.1. The summed E-state index contributed by atoms with van der Waals surface area (Å²) >= 11 is 1.29. The minimum absolute atomic E-state index is 0.167. The number of hydrogen-bond acceptors (Lipinski definition) is 7. The van der Waals surface area contributed by atoms with Crippen LogP contribution in [0.2, 0.25) is 0 Å². The van der Waals surface area contributed by atoms with E-state index in [1.165, 1.54) is 17.5 Å². The van der Waals surface area contributed by atoms with Crippen molar-refractivity contribution < 1.29 is 8.42 Å². The van der Waals surface area contributed by atoms with E-state index >= 15 is 0 Å². The Kier molecular flexibility index (Phi) is 2.91. The number of rotatable bonds is 2. The molecule has 0 aliphatic carbocycles. The Bertz CT molecular complexity index is 903. The molecule has 6 nitrogen and oxygen atoms in total. The second-order valence-electron chi connectivity index (χ2n) is 4.25. The van der Waals surface area contributed by atoms with Crippen LogP contribution in [-0.4, -0.2) is 29.6 Å². The fraction of sp³-hybridized carbons (Fsp3) is 0.0833. The van der Waals surface area contributed by atoms with Gasteiger partial charge in [0.05, 0.1) is 10.6 Å². The smallest absolute Gasteiger partial charge is 0.182 e. The van der Waals surface area contributed by atoms with Crippen molar-refractivity contribution in [1.82, 2.24) is 15.0 Å². The van der Waals surface area contributed by atoms with Gasteiger partial charge in [-0.05, 0) is 18.2 Å². The van der Waals surface area contributed by atoms with Gasteiger partial charge in [0.25, 0.3) is 0 Å². The standard InChI is InChI=1S/C12H10N4O2S2/c1-20(17,18)8-4-7(5-14-6-8)9-2-3-10-11(15-9)19-12(13)16-10/h2-6H,1H3,(H2,13,16). The first-order valence-corrected chi connectivity index (χ1v) is 8.33. The summed E-state index contributed by atoms with van der Waals surface area (Å²) in [4.78, 5) is 13.4. The number of sulfone groups is 1. The van der Waals surface area contributed by atoms with E-state index in [1.54, 1.807) is 24.4 Å². The number of anilines is 1. The fourth-order valence-electron chi connectivity index (χ4n) is 1.76. The molecule has 8 heteroatoms. The monoisotopic (exact) mass is 306 g/mol. The highest BCUT2D eigenvalue weighted by Crippen LogP contribution is 2.26. The van der Waals surface area contributed by atoms with Gasteiger partial charge in [0, 0.05) is 24.2 Å². The van der Waals surface area contributed by atoms with Crippen molar-refractivity contribution in [3.63, 3.8) is 0 Å². The summed E-state index contributed by atoms with van der Waals surface area (Å²) < 4.78 is 23.1. The largest absolute Gasteiger partial charge is 0.375 e. The summed E-state index contributed by atoms with van der Waals surface area (Å²) in [5.41, 5.74) is 7.64. The van der Waals surface area contributed by atoms with Gasteiger partial charge in [0.2, 0.25) is 0 Å². The van der Waals surface area contributed by atoms with Gasteiger partial charge in [-0.2, -0.15) is 0 Å². The second-order valence-corrected chi connectivity index (χ2v) is 7.28. The number of aromatic nitrogens is 3. The molecule has 0 spiro atoms. The maximum atomic E-state index is 11.5. The molecule has 0 saturated heterocycles. The molecule has 0 aliphatic rings. The molecule has 2 N–H and O–H groups in total. The molecule has 3 heterocycles. The Morgan fingerprint density at radius 1 is 1.20 bits per heavy atom.